The smallest absolute Gasteiger partial charge is 0.162 e. The highest BCUT2D eigenvalue weighted by Crippen LogP contribution is 2.36. The number of nitrogens with zero attached hydrogens (tertiary/aromatic N) is 4. The van der Waals surface area contributed by atoms with E-state index in [0.717, 1.165) is 48.5 Å². The number of ether oxygens (including phenoxy) is 2. The van der Waals surface area contributed by atoms with Crippen molar-refractivity contribution in [2.75, 3.05) is 52.3 Å². The highest BCUT2D eigenvalue weighted by atomic mass is 35.5. The molecule has 6 nitrogen and oxygen atoms in total. The third-order valence-electron chi connectivity index (χ3n) is 5.09. The Morgan fingerprint density at radius 3 is 2.18 bits per heavy atom. The molecule has 0 N–H and O–H groups in total. The van der Waals surface area contributed by atoms with Crippen LogP contribution in [-0.2, 0) is 0 Å². The lowest BCUT2D eigenvalue weighted by Gasteiger charge is -2.34. The van der Waals surface area contributed by atoms with Crippen LogP contribution in [0.1, 0.15) is 0 Å². The molecule has 0 saturated carbocycles. The maximum Gasteiger partial charge on any atom is 0.162 e. The first-order valence-corrected chi connectivity index (χ1v) is 9.60. The SMILES string of the molecule is COc1cc2nc(-c3ccc(Cl)cc3)nc(N3CCN(C)CC3)c2cc1OC. The van der Waals surface area contributed by atoms with Gasteiger partial charge in [0.05, 0.1) is 19.7 Å². The first-order chi connectivity index (χ1) is 13.6. The van der Waals surface area contributed by atoms with Gasteiger partial charge in [0.2, 0.25) is 0 Å². The Labute approximate surface area is 169 Å². The number of fused-ring (bicyclic) bond motifs is 1. The van der Waals surface area contributed by atoms with Crippen molar-refractivity contribution in [1.82, 2.24) is 14.9 Å². The highest BCUT2D eigenvalue weighted by molar-refractivity contribution is 6.30. The molecule has 146 valence electrons. The second kappa shape index (κ2) is 7.81. The average molecular weight is 399 g/mol. The number of anilines is 1. The minimum absolute atomic E-state index is 0.653. The summed E-state index contributed by atoms with van der Waals surface area (Å²) in [5.74, 6) is 2.92. The van der Waals surface area contributed by atoms with E-state index in [0.29, 0.717) is 22.3 Å². The van der Waals surface area contributed by atoms with Crippen molar-refractivity contribution < 1.29 is 9.47 Å². The fourth-order valence-electron chi connectivity index (χ4n) is 3.43. The Bertz CT molecular complexity index is 986. The molecule has 0 atom stereocenters. The van der Waals surface area contributed by atoms with Gasteiger partial charge < -0.3 is 19.3 Å². The third-order valence-corrected chi connectivity index (χ3v) is 5.34. The summed E-state index contributed by atoms with van der Waals surface area (Å²) in [5, 5.41) is 1.65. The fourth-order valence-corrected chi connectivity index (χ4v) is 3.55. The van der Waals surface area contributed by atoms with Crippen LogP contribution in [0.4, 0.5) is 5.82 Å². The van der Waals surface area contributed by atoms with Gasteiger partial charge in [-0.15, -0.1) is 0 Å². The number of aromatic nitrogens is 2. The molecule has 1 aliphatic heterocycles. The second-order valence-corrected chi connectivity index (χ2v) is 7.33. The molecule has 3 aromatic rings. The van der Waals surface area contributed by atoms with Gasteiger partial charge in [0.1, 0.15) is 5.82 Å². The molecule has 0 bridgehead atoms. The van der Waals surface area contributed by atoms with Gasteiger partial charge in [0.25, 0.3) is 0 Å². The molecule has 1 aromatic heterocycles. The van der Waals surface area contributed by atoms with Crippen molar-refractivity contribution in [3.05, 3.63) is 41.4 Å². The van der Waals surface area contributed by atoms with E-state index < -0.39 is 0 Å². The molecule has 1 aliphatic rings. The van der Waals surface area contributed by atoms with Gasteiger partial charge in [0, 0.05) is 48.2 Å². The Kier molecular flexibility index (Phi) is 5.24. The van der Waals surface area contributed by atoms with E-state index in [9.17, 15) is 0 Å². The molecule has 4 rings (SSSR count). The zero-order valence-electron chi connectivity index (χ0n) is 16.3. The summed E-state index contributed by atoms with van der Waals surface area (Å²) in [6, 6.07) is 11.5. The molecule has 7 heteroatoms. The van der Waals surface area contributed by atoms with Gasteiger partial charge in [-0.1, -0.05) is 11.6 Å². The largest absolute Gasteiger partial charge is 0.493 e. The van der Waals surface area contributed by atoms with E-state index in [1.54, 1.807) is 14.2 Å². The lowest BCUT2D eigenvalue weighted by molar-refractivity contribution is 0.312. The average Bonchev–Trinajstić information content (AvgIpc) is 2.73. The molecule has 1 fully saturated rings. The van der Waals surface area contributed by atoms with Gasteiger partial charge in [-0.05, 0) is 37.4 Å². The molecule has 0 radical (unpaired) electrons. The second-order valence-electron chi connectivity index (χ2n) is 6.89. The number of likely N-dealkylation sites (N-methyl/N-ethyl adjacent to an activating group) is 1. The van der Waals surface area contributed by atoms with Gasteiger partial charge >= 0.3 is 0 Å². The number of methoxy groups -OCH3 is 2. The first kappa shape index (κ1) is 18.8. The van der Waals surface area contributed by atoms with Gasteiger partial charge in [-0.3, -0.25) is 0 Å². The van der Waals surface area contributed by atoms with E-state index in [4.69, 9.17) is 31.0 Å². The minimum Gasteiger partial charge on any atom is -0.493 e. The van der Waals surface area contributed by atoms with Crippen LogP contribution in [0, 0.1) is 0 Å². The monoisotopic (exact) mass is 398 g/mol. The number of benzene rings is 2. The van der Waals surface area contributed by atoms with Crippen LogP contribution in [0.2, 0.25) is 5.02 Å². The molecule has 1 saturated heterocycles. The predicted octanol–water partition coefficient (Wildman–Crippen LogP) is 3.72. The summed E-state index contributed by atoms with van der Waals surface area (Å²) in [6.07, 6.45) is 0. The Morgan fingerprint density at radius 2 is 1.54 bits per heavy atom. The molecule has 0 amide bonds. The Hall–Kier alpha value is -2.57. The van der Waals surface area contributed by atoms with Crippen molar-refractivity contribution in [3.8, 4) is 22.9 Å². The van der Waals surface area contributed by atoms with Crippen LogP contribution in [0.25, 0.3) is 22.3 Å². The number of hydrogen-bond acceptors (Lipinski definition) is 6. The number of halogens is 1. The van der Waals surface area contributed by atoms with E-state index in [-0.39, 0.29) is 0 Å². The van der Waals surface area contributed by atoms with E-state index in [1.165, 1.54) is 0 Å². The zero-order chi connectivity index (χ0) is 19.7. The van der Waals surface area contributed by atoms with Gasteiger partial charge in [-0.2, -0.15) is 0 Å². The van der Waals surface area contributed by atoms with E-state index >= 15 is 0 Å². The lowest BCUT2D eigenvalue weighted by atomic mass is 10.1. The maximum atomic E-state index is 6.05. The summed E-state index contributed by atoms with van der Waals surface area (Å²) < 4.78 is 11.0. The topological polar surface area (TPSA) is 50.7 Å². The summed E-state index contributed by atoms with van der Waals surface area (Å²) >= 11 is 6.05. The van der Waals surface area contributed by atoms with Crippen LogP contribution >= 0.6 is 11.6 Å². The molecule has 28 heavy (non-hydrogen) atoms. The molecular formula is C21H23ClN4O2. The van der Waals surface area contributed by atoms with Gasteiger partial charge in [-0.25, -0.2) is 9.97 Å². The fraction of sp³-hybridized carbons (Fsp3) is 0.333. The van der Waals surface area contributed by atoms with Crippen LogP contribution in [-0.4, -0.2) is 62.3 Å². The molecule has 2 aromatic carbocycles. The minimum atomic E-state index is 0.653. The molecule has 0 spiro atoms. The number of piperazine rings is 1. The number of hydrogen-bond donors (Lipinski definition) is 0. The summed E-state index contributed by atoms with van der Waals surface area (Å²) in [7, 11) is 5.41. The van der Waals surface area contributed by atoms with Crippen LogP contribution in [0.3, 0.4) is 0 Å². The first-order valence-electron chi connectivity index (χ1n) is 9.22. The van der Waals surface area contributed by atoms with Crippen molar-refractivity contribution >= 4 is 28.3 Å². The molecule has 0 aliphatic carbocycles. The van der Waals surface area contributed by atoms with Crippen molar-refractivity contribution in [1.29, 1.82) is 0 Å². The van der Waals surface area contributed by atoms with Crippen LogP contribution in [0.15, 0.2) is 36.4 Å². The summed E-state index contributed by atoms with van der Waals surface area (Å²) in [6.45, 7) is 3.82. The predicted molar refractivity (Wildman–Crippen MR) is 113 cm³/mol. The maximum absolute atomic E-state index is 6.05. The summed E-state index contributed by atoms with van der Waals surface area (Å²) in [5.41, 5.74) is 1.75. The normalized spacial score (nSPS) is 15.1. The van der Waals surface area contributed by atoms with Crippen LogP contribution < -0.4 is 14.4 Å². The molecule has 0 unspecified atom stereocenters. The van der Waals surface area contributed by atoms with Gasteiger partial charge in [0.15, 0.2) is 17.3 Å². The lowest BCUT2D eigenvalue weighted by Crippen LogP contribution is -2.45. The van der Waals surface area contributed by atoms with Crippen molar-refractivity contribution in [3.63, 3.8) is 0 Å². The van der Waals surface area contributed by atoms with Crippen molar-refractivity contribution in [2.45, 2.75) is 0 Å². The quantitative estimate of drug-likeness (QED) is 0.667. The van der Waals surface area contributed by atoms with E-state index in [2.05, 4.69) is 16.8 Å². The number of rotatable bonds is 4. The Balaban J connectivity index is 1.90. The van der Waals surface area contributed by atoms with E-state index in [1.807, 2.05) is 36.4 Å². The molecule has 2 heterocycles. The highest BCUT2D eigenvalue weighted by Gasteiger charge is 2.21. The van der Waals surface area contributed by atoms with Crippen LogP contribution in [0.5, 0.6) is 11.5 Å². The summed E-state index contributed by atoms with van der Waals surface area (Å²) in [4.78, 5) is 14.4. The third kappa shape index (κ3) is 3.57. The molecular weight excluding hydrogens is 376 g/mol. The standard InChI is InChI=1S/C21H23ClN4O2/c1-25-8-10-26(11-9-25)21-16-12-18(27-2)19(28-3)13-17(16)23-20(24-21)14-4-6-15(22)7-5-14/h4-7,12-13H,8-11H2,1-3H3. The zero-order valence-corrected chi connectivity index (χ0v) is 17.0. The Morgan fingerprint density at radius 1 is 0.893 bits per heavy atom. The van der Waals surface area contributed by atoms with Crippen molar-refractivity contribution in [2.24, 2.45) is 0 Å².